The summed E-state index contributed by atoms with van der Waals surface area (Å²) in [6.07, 6.45) is 5.84. The Bertz CT molecular complexity index is 782. The zero-order valence-electron chi connectivity index (χ0n) is 12.1. The van der Waals surface area contributed by atoms with Crippen LogP contribution < -0.4 is 5.32 Å². The topological polar surface area (TPSA) is 58.0 Å². The smallest absolute Gasteiger partial charge is 0.138 e. The molecule has 0 aromatic carbocycles. The van der Waals surface area contributed by atoms with Crippen LogP contribution in [0.3, 0.4) is 0 Å². The average Bonchev–Trinajstić information content (AvgIpc) is 3.23. The Morgan fingerprint density at radius 3 is 3.09 bits per heavy atom. The van der Waals surface area contributed by atoms with Crippen LogP contribution in [-0.2, 0) is 12.8 Å². The van der Waals surface area contributed by atoms with Crippen LogP contribution in [0.25, 0.3) is 10.2 Å². The lowest BCUT2D eigenvalue weighted by Gasteiger charge is -2.17. The van der Waals surface area contributed by atoms with Gasteiger partial charge in [0.1, 0.15) is 17.0 Å². The van der Waals surface area contributed by atoms with Gasteiger partial charge in [-0.25, -0.2) is 9.97 Å². The molecule has 0 amide bonds. The van der Waals surface area contributed by atoms with E-state index in [0.717, 1.165) is 17.1 Å². The zero-order chi connectivity index (χ0) is 14.9. The van der Waals surface area contributed by atoms with E-state index < -0.39 is 0 Å². The molecule has 4 rings (SSSR count). The van der Waals surface area contributed by atoms with Crippen molar-refractivity contribution < 1.29 is 5.11 Å². The lowest BCUT2D eigenvalue weighted by molar-refractivity contribution is 0.280. The van der Waals surface area contributed by atoms with Gasteiger partial charge in [-0.3, -0.25) is 0 Å². The first-order valence-corrected chi connectivity index (χ1v) is 9.22. The van der Waals surface area contributed by atoms with Gasteiger partial charge in [0.15, 0.2) is 0 Å². The number of thiophene rings is 2. The molecule has 3 heterocycles. The highest BCUT2D eigenvalue weighted by atomic mass is 32.1. The molecule has 4 nitrogen and oxygen atoms in total. The van der Waals surface area contributed by atoms with Gasteiger partial charge in [0.05, 0.1) is 11.4 Å². The first-order chi connectivity index (χ1) is 10.9. The number of anilines is 1. The fraction of sp³-hybridized carbons (Fsp3) is 0.375. The molecular weight excluding hydrogens is 314 g/mol. The number of aliphatic hydroxyl groups excluding tert-OH is 1. The SMILES string of the molecule is OCCC(Nc1ncnc2sc3c(c12)CCC3)c1cccs1. The molecular formula is C16H17N3OS2. The van der Waals surface area contributed by atoms with Crippen molar-refractivity contribution in [2.24, 2.45) is 0 Å². The predicted octanol–water partition coefficient (Wildman–Crippen LogP) is 3.78. The second-order valence-corrected chi connectivity index (χ2v) is 7.55. The number of rotatable bonds is 5. The summed E-state index contributed by atoms with van der Waals surface area (Å²) in [5.74, 6) is 0.913. The number of aromatic nitrogens is 2. The highest BCUT2D eigenvalue weighted by Gasteiger charge is 2.22. The number of aliphatic hydroxyl groups is 1. The minimum Gasteiger partial charge on any atom is -0.396 e. The Morgan fingerprint density at radius 2 is 2.27 bits per heavy atom. The Labute approximate surface area is 136 Å². The largest absolute Gasteiger partial charge is 0.396 e. The summed E-state index contributed by atoms with van der Waals surface area (Å²) >= 11 is 3.51. The van der Waals surface area contributed by atoms with E-state index in [1.165, 1.54) is 33.5 Å². The van der Waals surface area contributed by atoms with Gasteiger partial charge in [0.25, 0.3) is 0 Å². The molecule has 1 unspecified atom stereocenters. The minimum atomic E-state index is 0.0973. The van der Waals surface area contributed by atoms with Gasteiger partial charge in [0.2, 0.25) is 0 Å². The number of nitrogens with zero attached hydrogens (tertiary/aromatic N) is 2. The van der Waals surface area contributed by atoms with Gasteiger partial charge in [-0.15, -0.1) is 22.7 Å². The van der Waals surface area contributed by atoms with Crippen LogP contribution in [0.2, 0.25) is 0 Å². The molecule has 0 bridgehead atoms. The number of aryl methyl sites for hydroxylation is 2. The molecule has 0 saturated carbocycles. The van der Waals surface area contributed by atoms with Gasteiger partial charge in [-0.1, -0.05) is 6.07 Å². The quantitative estimate of drug-likeness (QED) is 0.747. The van der Waals surface area contributed by atoms with E-state index in [-0.39, 0.29) is 12.6 Å². The summed E-state index contributed by atoms with van der Waals surface area (Å²) in [5, 5.41) is 16.2. The number of hydrogen-bond donors (Lipinski definition) is 2. The van der Waals surface area contributed by atoms with E-state index in [1.807, 2.05) is 6.07 Å². The first kappa shape index (κ1) is 14.1. The van der Waals surface area contributed by atoms with Crippen molar-refractivity contribution in [2.45, 2.75) is 31.7 Å². The average molecular weight is 331 g/mol. The minimum absolute atomic E-state index is 0.0973. The molecule has 114 valence electrons. The molecule has 6 heteroatoms. The third-order valence-corrected chi connectivity index (χ3v) is 6.30. The van der Waals surface area contributed by atoms with E-state index in [4.69, 9.17) is 0 Å². The number of fused-ring (bicyclic) bond motifs is 3. The predicted molar refractivity (Wildman–Crippen MR) is 91.8 cm³/mol. The van der Waals surface area contributed by atoms with Crippen LogP contribution in [-0.4, -0.2) is 21.7 Å². The van der Waals surface area contributed by atoms with Gasteiger partial charge < -0.3 is 10.4 Å². The number of nitrogens with one attached hydrogen (secondary N) is 1. The molecule has 3 aromatic rings. The molecule has 1 aliphatic carbocycles. The fourth-order valence-electron chi connectivity index (χ4n) is 3.11. The normalized spacial score (nSPS) is 15.1. The van der Waals surface area contributed by atoms with Crippen molar-refractivity contribution in [3.63, 3.8) is 0 Å². The molecule has 0 saturated heterocycles. The molecule has 0 aliphatic heterocycles. The fourth-order valence-corrected chi connectivity index (χ4v) is 5.15. The lowest BCUT2D eigenvalue weighted by atomic mass is 10.1. The molecule has 2 N–H and O–H groups in total. The van der Waals surface area contributed by atoms with Crippen LogP contribution in [0.1, 0.15) is 34.2 Å². The summed E-state index contributed by atoms with van der Waals surface area (Å²) in [6, 6.07) is 4.25. The summed E-state index contributed by atoms with van der Waals surface area (Å²) in [6.45, 7) is 0.158. The maximum atomic E-state index is 9.38. The van der Waals surface area contributed by atoms with Gasteiger partial charge in [0, 0.05) is 16.4 Å². The van der Waals surface area contributed by atoms with E-state index in [1.54, 1.807) is 29.0 Å². The van der Waals surface area contributed by atoms with Gasteiger partial charge in [-0.05, 0) is 42.7 Å². The lowest BCUT2D eigenvalue weighted by Crippen LogP contribution is -2.12. The third kappa shape index (κ3) is 2.41. The second kappa shape index (κ2) is 5.95. The number of hydrogen-bond acceptors (Lipinski definition) is 6. The van der Waals surface area contributed by atoms with Crippen LogP contribution in [0, 0.1) is 0 Å². The van der Waals surface area contributed by atoms with E-state index in [0.29, 0.717) is 6.42 Å². The van der Waals surface area contributed by atoms with Crippen molar-refractivity contribution in [1.29, 1.82) is 0 Å². The first-order valence-electron chi connectivity index (χ1n) is 7.53. The van der Waals surface area contributed by atoms with Gasteiger partial charge in [-0.2, -0.15) is 0 Å². The maximum Gasteiger partial charge on any atom is 0.138 e. The molecule has 3 aromatic heterocycles. The van der Waals surface area contributed by atoms with Crippen LogP contribution >= 0.6 is 22.7 Å². The highest BCUT2D eigenvalue weighted by molar-refractivity contribution is 7.19. The molecule has 0 fully saturated rings. The molecule has 1 aliphatic rings. The van der Waals surface area contributed by atoms with Crippen LogP contribution in [0.5, 0.6) is 0 Å². The third-order valence-electron chi connectivity index (χ3n) is 4.12. The monoisotopic (exact) mass is 331 g/mol. The maximum absolute atomic E-state index is 9.38. The second-order valence-electron chi connectivity index (χ2n) is 5.48. The van der Waals surface area contributed by atoms with Gasteiger partial charge >= 0.3 is 0 Å². The molecule has 0 spiro atoms. The van der Waals surface area contributed by atoms with Crippen molar-refractivity contribution >= 4 is 38.7 Å². The summed E-state index contributed by atoms with van der Waals surface area (Å²) < 4.78 is 0. The van der Waals surface area contributed by atoms with Crippen molar-refractivity contribution in [1.82, 2.24) is 9.97 Å². The summed E-state index contributed by atoms with van der Waals surface area (Å²) in [5.41, 5.74) is 1.43. The Morgan fingerprint density at radius 1 is 1.32 bits per heavy atom. The molecule has 22 heavy (non-hydrogen) atoms. The standard InChI is InChI=1S/C16H17N3OS2/c20-7-6-11(13-5-2-8-21-13)19-15-14-10-3-1-4-12(10)22-16(14)18-9-17-15/h2,5,8-9,11,20H,1,3-4,6-7H2,(H,17,18,19). The summed E-state index contributed by atoms with van der Waals surface area (Å²) in [7, 11) is 0. The Balaban J connectivity index is 1.74. The highest BCUT2D eigenvalue weighted by Crippen LogP contribution is 2.40. The van der Waals surface area contributed by atoms with Crippen molar-refractivity contribution in [3.05, 3.63) is 39.2 Å². The Kier molecular flexibility index (Phi) is 3.82. The van der Waals surface area contributed by atoms with Crippen LogP contribution in [0.15, 0.2) is 23.8 Å². The van der Waals surface area contributed by atoms with E-state index in [2.05, 4.69) is 26.7 Å². The van der Waals surface area contributed by atoms with Crippen molar-refractivity contribution in [3.8, 4) is 0 Å². The summed E-state index contributed by atoms with van der Waals surface area (Å²) in [4.78, 5) is 12.7. The molecule has 0 radical (unpaired) electrons. The van der Waals surface area contributed by atoms with E-state index in [9.17, 15) is 5.11 Å². The van der Waals surface area contributed by atoms with E-state index >= 15 is 0 Å². The van der Waals surface area contributed by atoms with Crippen molar-refractivity contribution in [2.75, 3.05) is 11.9 Å². The zero-order valence-corrected chi connectivity index (χ0v) is 13.7. The van der Waals surface area contributed by atoms with Crippen LogP contribution in [0.4, 0.5) is 5.82 Å². The Hall–Kier alpha value is -1.50. The molecule has 1 atom stereocenters.